The smallest absolute Gasteiger partial charge is 0.462 e. The molecule has 0 amide bonds. The van der Waals surface area contributed by atoms with Crippen LogP contribution in [0.4, 0.5) is 0 Å². The molecule has 0 aromatic heterocycles. The molecule has 0 aromatic carbocycles. The van der Waals surface area contributed by atoms with E-state index in [-0.39, 0.29) is 25.7 Å². The lowest BCUT2D eigenvalue weighted by molar-refractivity contribution is -0.161. The van der Waals surface area contributed by atoms with Crippen molar-refractivity contribution in [1.82, 2.24) is 0 Å². The molecule has 5 atom stereocenters. The summed E-state index contributed by atoms with van der Waals surface area (Å²) in [5.74, 6) is -0.544. The Balaban J connectivity index is 5.11. The number of phosphoric acid groups is 2. The third-order valence-corrected chi connectivity index (χ3v) is 20.9. The minimum absolute atomic E-state index is 0.106. The van der Waals surface area contributed by atoms with Gasteiger partial charge in [0.1, 0.15) is 19.3 Å². The predicted octanol–water partition coefficient (Wildman–Crippen LogP) is 24.3. The molecule has 100 heavy (non-hydrogen) atoms. The highest BCUT2D eigenvalue weighted by molar-refractivity contribution is 7.47. The maximum Gasteiger partial charge on any atom is 0.472 e. The summed E-state index contributed by atoms with van der Waals surface area (Å²) in [4.78, 5) is 72.7. The minimum atomic E-state index is -4.96. The minimum Gasteiger partial charge on any atom is -0.462 e. The highest BCUT2D eigenvalue weighted by atomic mass is 31.2. The van der Waals surface area contributed by atoms with Crippen LogP contribution in [0.15, 0.2) is 0 Å². The molecule has 0 aliphatic rings. The fourth-order valence-electron chi connectivity index (χ4n) is 12.5. The molecule has 17 nitrogen and oxygen atoms in total. The standard InChI is InChI=1S/C81H158O17P2/c1-7-9-11-13-14-15-16-17-18-19-20-21-22-23-24-29-32-37-42-47-53-59-65-81(86)98-77(70-92-79(84)64-58-52-46-41-36-31-28-26-25-27-30-34-39-44-50-55-61-73(3)4)72-96-100(89,90)94-68-75(82)67-93-99(87,88)95-71-76(69-91-78(83)63-57-49-12-10-8-2)97-80(85)66-60-54-48-43-38-33-35-40-45-51-56-62-74(5)6/h73-77,82H,7-72H2,1-6H3,(H,87,88)(H,89,90)/t75-,76+,77+/m0/s1. The van der Waals surface area contributed by atoms with Crippen molar-refractivity contribution in [2.45, 2.75) is 445 Å². The summed E-state index contributed by atoms with van der Waals surface area (Å²) >= 11 is 0. The average molecular weight is 1470 g/mol. The van der Waals surface area contributed by atoms with Gasteiger partial charge in [0.25, 0.3) is 0 Å². The summed E-state index contributed by atoms with van der Waals surface area (Å²) in [7, 11) is -9.91. The molecule has 0 rings (SSSR count). The van der Waals surface area contributed by atoms with Crippen LogP contribution in [0.5, 0.6) is 0 Å². The lowest BCUT2D eigenvalue weighted by atomic mass is 10.0. The summed E-state index contributed by atoms with van der Waals surface area (Å²) < 4.78 is 68.5. The van der Waals surface area contributed by atoms with Crippen LogP contribution in [0.25, 0.3) is 0 Å². The number of aliphatic hydroxyl groups is 1. The van der Waals surface area contributed by atoms with Crippen molar-refractivity contribution in [3.63, 3.8) is 0 Å². The van der Waals surface area contributed by atoms with E-state index in [9.17, 15) is 43.2 Å². The van der Waals surface area contributed by atoms with E-state index in [1.54, 1.807) is 0 Å². The fraction of sp³-hybridized carbons (Fsp3) is 0.951. The first kappa shape index (κ1) is 98.1. The first-order valence-corrected chi connectivity index (χ1v) is 45.0. The number of unbranched alkanes of at least 4 members (excludes halogenated alkanes) is 50. The second-order valence-corrected chi connectivity index (χ2v) is 33.0. The van der Waals surface area contributed by atoms with Crippen LogP contribution in [0.2, 0.25) is 0 Å². The van der Waals surface area contributed by atoms with E-state index in [0.717, 1.165) is 108 Å². The largest absolute Gasteiger partial charge is 0.472 e. The van der Waals surface area contributed by atoms with Gasteiger partial charge in [0.2, 0.25) is 0 Å². The quantitative estimate of drug-likeness (QED) is 0.0222. The molecule has 0 fully saturated rings. The normalized spacial score (nSPS) is 13.9. The molecule has 0 heterocycles. The summed E-state index contributed by atoms with van der Waals surface area (Å²) in [6.45, 7) is 9.57. The van der Waals surface area contributed by atoms with Crippen LogP contribution in [0.1, 0.15) is 427 Å². The Bertz CT molecular complexity index is 1920. The molecule has 0 aliphatic carbocycles. The van der Waals surface area contributed by atoms with Gasteiger partial charge in [0.15, 0.2) is 12.2 Å². The summed E-state index contributed by atoms with van der Waals surface area (Å²) in [6.07, 6.45) is 63.1. The zero-order chi connectivity index (χ0) is 73.5. The van der Waals surface area contributed by atoms with Gasteiger partial charge >= 0.3 is 39.5 Å². The van der Waals surface area contributed by atoms with Crippen molar-refractivity contribution in [3.8, 4) is 0 Å². The monoisotopic (exact) mass is 1470 g/mol. The van der Waals surface area contributed by atoms with Crippen molar-refractivity contribution >= 4 is 39.5 Å². The molecule has 0 bridgehead atoms. The molecular weight excluding hydrogens is 1310 g/mol. The molecule has 0 saturated carbocycles. The van der Waals surface area contributed by atoms with E-state index in [1.807, 2.05) is 0 Å². The van der Waals surface area contributed by atoms with Crippen LogP contribution in [0.3, 0.4) is 0 Å². The van der Waals surface area contributed by atoms with E-state index >= 15 is 0 Å². The van der Waals surface area contributed by atoms with Crippen molar-refractivity contribution in [2.75, 3.05) is 39.6 Å². The highest BCUT2D eigenvalue weighted by Gasteiger charge is 2.30. The van der Waals surface area contributed by atoms with Gasteiger partial charge in [-0.05, 0) is 37.5 Å². The second-order valence-electron chi connectivity index (χ2n) is 30.1. The Kier molecular flexibility index (Phi) is 71.2. The molecular formula is C81H158O17P2. The Morgan fingerprint density at radius 1 is 0.270 bits per heavy atom. The maximum absolute atomic E-state index is 13.1. The topological polar surface area (TPSA) is 237 Å². The molecule has 0 aromatic rings. The van der Waals surface area contributed by atoms with Crippen molar-refractivity contribution in [3.05, 3.63) is 0 Å². The Morgan fingerprint density at radius 3 is 0.680 bits per heavy atom. The zero-order valence-electron chi connectivity index (χ0n) is 65.5. The number of ether oxygens (including phenoxy) is 4. The Labute approximate surface area is 613 Å². The molecule has 0 radical (unpaired) electrons. The van der Waals surface area contributed by atoms with Crippen LogP contribution in [-0.4, -0.2) is 96.7 Å². The van der Waals surface area contributed by atoms with Gasteiger partial charge in [-0.2, -0.15) is 0 Å². The number of carbonyl (C=O) groups excluding carboxylic acids is 4. The van der Waals surface area contributed by atoms with E-state index in [0.29, 0.717) is 25.7 Å². The number of rotatable bonds is 80. The van der Waals surface area contributed by atoms with E-state index in [1.165, 1.54) is 238 Å². The van der Waals surface area contributed by atoms with Gasteiger partial charge < -0.3 is 33.8 Å². The Hall–Kier alpha value is -1.94. The summed E-state index contributed by atoms with van der Waals surface area (Å²) in [5, 5.41) is 10.6. The van der Waals surface area contributed by atoms with Gasteiger partial charge in [-0.3, -0.25) is 37.3 Å². The number of hydrogen-bond donors (Lipinski definition) is 3. The first-order chi connectivity index (χ1) is 48.4. The molecule has 594 valence electrons. The van der Waals surface area contributed by atoms with Gasteiger partial charge in [-0.15, -0.1) is 0 Å². The van der Waals surface area contributed by atoms with Gasteiger partial charge in [0.05, 0.1) is 26.4 Å². The van der Waals surface area contributed by atoms with E-state index < -0.39 is 97.5 Å². The fourth-order valence-corrected chi connectivity index (χ4v) is 14.1. The molecule has 0 saturated heterocycles. The van der Waals surface area contributed by atoms with Crippen molar-refractivity contribution < 1.29 is 80.2 Å². The SMILES string of the molecule is CCCCCCCCCCCCCCCCCCCCCCCCC(=O)O[C@H](COC(=O)CCCCCCCCCCCCCCCCCCC(C)C)COP(=O)(O)OC[C@@H](O)COP(=O)(O)OC[C@@H](COC(=O)CCCCCCC)OC(=O)CCCCCCCCCCCCCC(C)C. The second kappa shape index (κ2) is 72.6. The van der Waals surface area contributed by atoms with Crippen molar-refractivity contribution in [2.24, 2.45) is 11.8 Å². The lowest BCUT2D eigenvalue weighted by Crippen LogP contribution is -2.30. The highest BCUT2D eigenvalue weighted by Crippen LogP contribution is 2.45. The van der Waals surface area contributed by atoms with Gasteiger partial charge in [0, 0.05) is 25.7 Å². The molecule has 0 aliphatic heterocycles. The maximum atomic E-state index is 13.1. The molecule has 19 heteroatoms. The number of esters is 4. The van der Waals surface area contributed by atoms with Crippen LogP contribution in [-0.2, 0) is 65.4 Å². The van der Waals surface area contributed by atoms with Crippen LogP contribution >= 0.6 is 15.6 Å². The van der Waals surface area contributed by atoms with Crippen molar-refractivity contribution in [1.29, 1.82) is 0 Å². The van der Waals surface area contributed by atoms with Gasteiger partial charge in [-0.25, -0.2) is 9.13 Å². The third-order valence-electron chi connectivity index (χ3n) is 19.0. The van der Waals surface area contributed by atoms with E-state index in [2.05, 4.69) is 41.5 Å². The third kappa shape index (κ3) is 74.3. The number of phosphoric ester groups is 2. The average Bonchev–Trinajstić information content (AvgIpc) is 0.972. The number of hydrogen-bond acceptors (Lipinski definition) is 15. The van der Waals surface area contributed by atoms with E-state index in [4.69, 9.17) is 37.0 Å². The number of carbonyl (C=O) groups is 4. The van der Waals surface area contributed by atoms with Gasteiger partial charge in [-0.1, -0.05) is 375 Å². The molecule has 2 unspecified atom stereocenters. The predicted molar refractivity (Wildman–Crippen MR) is 409 cm³/mol. The number of aliphatic hydroxyl groups excluding tert-OH is 1. The molecule has 3 N–H and O–H groups in total. The summed E-state index contributed by atoms with van der Waals surface area (Å²) in [6, 6.07) is 0. The lowest BCUT2D eigenvalue weighted by Gasteiger charge is -2.21. The molecule has 0 spiro atoms. The zero-order valence-corrected chi connectivity index (χ0v) is 67.3. The van der Waals surface area contributed by atoms with Crippen LogP contribution in [0, 0.1) is 11.8 Å². The van der Waals surface area contributed by atoms with Crippen LogP contribution < -0.4 is 0 Å². The first-order valence-electron chi connectivity index (χ1n) is 42.0. The summed E-state index contributed by atoms with van der Waals surface area (Å²) in [5.41, 5.74) is 0. The Morgan fingerprint density at radius 2 is 0.460 bits per heavy atom.